The number of nitrogens with zero attached hydrogens (tertiary/aromatic N) is 3. The molecule has 1 unspecified atom stereocenters. The third-order valence-electron chi connectivity index (χ3n) is 4.74. The molecule has 2 rings (SSSR count). The molecule has 0 bridgehead atoms. The minimum atomic E-state index is -0.0937. The highest BCUT2D eigenvalue weighted by atomic mass is 16.2. The van der Waals surface area contributed by atoms with Gasteiger partial charge in [0.2, 0.25) is 11.8 Å². The van der Waals surface area contributed by atoms with Gasteiger partial charge < -0.3 is 20.0 Å². The zero-order valence-corrected chi connectivity index (χ0v) is 16.2. The van der Waals surface area contributed by atoms with Crippen molar-refractivity contribution in [3.8, 4) is 0 Å². The lowest BCUT2D eigenvalue weighted by atomic mass is 9.95. The second-order valence-electron chi connectivity index (χ2n) is 8.68. The number of piperidine rings is 1. The number of hydrogen-bond acceptors (Lipinski definition) is 3. The Labute approximate surface area is 150 Å². The smallest absolute Gasteiger partial charge is 0.319 e. The maximum absolute atomic E-state index is 12.5. The summed E-state index contributed by atoms with van der Waals surface area (Å²) in [7, 11) is 3.48. The van der Waals surface area contributed by atoms with E-state index >= 15 is 0 Å². The van der Waals surface area contributed by atoms with Crippen LogP contribution in [0.1, 0.15) is 40.0 Å². The van der Waals surface area contributed by atoms with E-state index in [1.165, 1.54) is 0 Å². The van der Waals surface area contributed by atoms with Crippen molar-refractivity contribution < 1.29 is 14.4 Å². The molecule has 2 aliphatic heterocycles. The molecular weight excluding hydrogens is 320 g/mol. The molecule has 25 heavy (non-hydrogen) atoms. The van der Waals surface area contributed by atoms with Gasteiger partial charge in [-0.1, -0.05) is 20.8 Å². The summed E-state index contributed by atoms with van der Waals surface area (Å²) >= 11 is 0. The van der Waals surface area contributed by atoms with E-state index in [2.05, 4.69) is 26.1 Å². The average molecular weight is 352 g/mol. The summed E-state index contributed by atoms with van der Waals surface area (Å²) in [6.45, 7) is 8.84. The van der Waals surface area contributed by atoms with Crippen molar-refractivity contribution in [3.05, 3.63) is 0 Å². The first-order chi connectivity index (χ1) is 11.6. The molecule has 2 saturated heterocycles. The maximum atomic E-state index is 12.5. The van der Waals surface area contributed by atoms with Gasteiger partial charge in [0, 0.05) is 52.6 Å². The monoisotopic (exact) mass is 352 g/mol. The Morgan fingerprint density at radius 1 is 1.20 bits per heavy atom. The van der Waals surface area contributed by atoms with Gasteiger partial charge in [0.05, 0.1) is 6.04 Å². The molecule has 1 N–H and O–H groups in total. The van der Waals surface area contributed by atoms with Crippen molar-refractivity contribution in [2.75, 3.05) is 40.3 Å². The molecule has 0 saturated carbocycles. The van der Waals surface area contributed by atoms with E-state index in [1.807, 2.05) is 4.90 Å². The predicted molar refractivity (Wildman–Crippen MR) is 96.0 cm³/mol. The maximum Gasteiger partial charge on any atom is 0.319 e. The van der Waals surface area contributed by atoms with E-state index in [1.54, 1.807) is 23.9 Å². The van der Waals surface area contributed by atoms with E-state index in [4.69, 9.17) is 0 Å². The summed E-state index contributed by atoms with van der Waals surface area (Å²) in [5.41, 5.74) is 0.0559. The van der Waals surface area contributed by atoms with Gasteiger partial charge in [-0.15, -0.1) is 0 Å². The summed E-state index contributed by atoms with van der Waals surface area (Å²) in [4.78, 5) is 41.8. The lowest BCUT2D eigenvalue weighted by Gasteiger charge is -2.33. The number of amides is 4. The summed E-state index contributed by atoms with van der Waals surface area (Å²) in [6, 6.07) is -0.0955. The zero-order chi connectivity index (χ0) is 18.8. The van der Waals surface area contributed by atoms with Gasteiger partial charge in [-0.2, -0.15) is 0 Å². The zero-order valence-electron chi connectivity index (χ0n) is 16.2. The fourth-order valence-electron chi connectivity index (χ4n) is 3.53. The molecule has 0 aromatic carbocycles. The lowest BCUT2D eigenvalue weighted by molar-refractivity contribution is -0.128. The third-order valence-corrected chi connectivity index (χ3v) is 4.74. The molecular formula is C18H32N4O3. The molecule has 2 aliphatic rings. The molecule has 7 nitrogen and oxygen atoms in total. The molecule has 7 heteroatoms. The molecule has 0 aromatic rings. The van der Waals surface area contributed by atoms with Crippen LogP contribution in [0.15, 0.2) is 0 Å². The standard InChI is InChI=1S/C18H32N4O3/c1-18(2,3)12-22-11-14(10-15(22)23)19-16(24)13-6-8-21(9-7-13)17(25)20(4)5/h13-14H,6-12H2,1-5H3,(H,19,24). The first-order valence-corrected chi connectivity index (χ1v) is 9.11. The Bertz CT molecular complexity index is 519. The summed E-state index contributed by atoms with van der Waals surface area (Å²) in [5.74, 6) is 0.0666. The van der Waals surface area contributed by atoms with Gasteiger partial charge in [-0.25, -0.2) is 4.79 Å². The van der Waals surface area contributed by atoms with Crippen molar-refractivity contribution in [2.24, 2.45) is 11.3 Å². The number of hydrogen-bond donors (Lipinski definition) is 1. The van der Waals surface area contributed by atoms with Crippen molar-refractivity contribution >= 4 is 17.8 Å². The second kappa shape index (κ2) is 7.62. The van der Waals surface area contributed by atoms with Crippen LogP contribution < -0.4 is 5.32 Å². The van der Waals surface area contributed by atoms with E-state index in [-0.39, 0.29) is 35.2 Å². The molecule has 0 radical (unpaired) electrons. The second-order valence-corrected chi connectivity index (χ2v) is 8.68. The van der Waals surface area contributed by atoms with Crippen molar-refractivity contribution in [2.45, 2.75) is 46.1 Å². The molecule has 0 spiro atoms. The van der Waals surface area contributed by atoms with Gasteiger partial charge in [-0.3, -0.25) is 9.59 Å². The average Bonchev–Trinajstić information content (AvgIpc) is 2.84. The quantitative estimate of drug-likeness (QED) is 0.828. The number of carbonyl (C=O) groups excluding carboxylic acids is 3. The lowest BCUT2D eigenvalue weighted by Crippen LogP contribution is -2.48. The van der Waals surface area contributed by atoms with Gasteiger partial charge in [0.1, 0.15) is 0 Å². The molecule has 0 aliphatic carbocycles. The fourth-order valence-corrected chi connectivity index (χ4v) is 3.53. The van der Waals surface area contributed by atoms with Crippen LogP contribution in [0.25, 0.3) is 0 Å². The molecule has 4 amide bonds. The van der Waals surface area contributed by atoms with E-state index < -0.39 is 0 Å². The van der Waals surface area contributed by atoms with Crippen LogP contribution in [-0.4, -0.2) is 78.9 Å². The van der Waals surface area contributed by atoms with Gasteiger partial charge in [-0.05, 0) is 18.3 Å². The molecule has 2 heterocycles. The Kier molecular flexibility index (Phi) is 5.95. The van der Waals surface area contributed by atoms with Crippen LogP contribution in [0, 0.1) is 11.3 Å². The SMILES string of the molecule is CN(C)C(=O)N1CCC(C(=O)NC2CC(=O)N(CC(C)(C)C)C2)CC1. The summed E-state index contributed by atoms with van der Waals surface area (Å²) in [5, 5.41) is 3.05. The fraction of sp³-hybridized carbons (Fsp3) is 0.833. The number of urea groups is 1. The van der Waals surface area contributed by atoms with E-state index in [0.717, 1.165) is 0 Å². The van der Waals surface area contributed by atoms with E-state index in [0.29, 0.717) is 45.4 Å². The normalized spacial score (nSPS) is 22.3. The highest BCUT2D eigenvalue weighted by Gasteiger charge is 2.35. The highest BCUT2D eigenvalue weighted by Crippen LogP contribution is 2.22. The van der Waals surface area contributed by atoms with Gasteiger partial charge in [0.25, 0.3) is 0 Å². The first kappa shape index (κ1) is 19.5. The Hall–Kier alpha value is -1.79. The Balaban J connectivity index is 1.80. The van der Waals surface area contributed by atoms with Crippen molar-refractivity contribution in [3.63, 3.8) is 0 Å². The van der Waals surface area contributed by atoms with Gasteiger partial charge in [0.15, 0.2) is 0 Å². The third kappa shape index (κ3) is 5.34. The van der Waals surface area contributed by atoms with Crippen molar-refractivity contribution in [1.29, 1.82) is 0 Å². The topological polar surface area (TPSA) is 73.0 Å². The highest BCUT2D eigenvalue weighted by molar-refractivity contribution is 5.83. The van der Waals surface area contributed by atoms with Crippen LogP contribution in [0.5, 0.6) is 0 Å². The van der Waals surface area contributed by atoms with Crippen LogP contribution in [0.2, 0.25) is 0 Å². The summed E-state index contributed by atoms with van der Waals surface area (Å²) < 4.78 is 0. The number of carbonyl (C=O) groups is 3. The molecule has 0 aromatic heterocycles. The van der Waals surface area contributed by atoms with Gasteiger partial charge >= 0.3 is 6.03 Å². The number of rotatable bonds is 3. The largest absolute Gasteiger partial charge is 0.351 e. The Morgan fingerprint density at radius 3 is 2.32 bits per heavy atom. The molecule has 142 valence electrons. The minimum absolute atomic E-state index is 0.00179. The molecule has 1 atom stereocenters. The minimum Gasteiger partial charge on any atom is -0.351 e. The number of likely N-dealkylation sites (tertiary alicyclic amines) is 2. The number of nitrogens with one attached hydrogen (secondary N) is 1. The summed E-state index contributed by atoms with van der Waals surface area (Å²) in [6.07, 6.45) is 1.75. The predicted octanol–water partition coefficient (Wildman–Crippen LogP) is 1.14. The van der Waals surface area contributed by atoms with Crippen LogP contribution >= 0.6 is 0 Å². The van der Waals surface area contributed by atoms with Crippen LogP contribution in [-0.2, 0) is 9.59 Å². The molecule has 2 fully saturated rings. The van der Waals surface area contributed by atoms with Crippen LogP contribution in [0.4, 0.5) is 4.79 Å². The first-order valence-electron chi connectivity index (χ1n) is 9.11. The van der Waals surface area contributed by atoms with E-state index in [9.17, 15) is 14.4 Å². The Morgan fingerprint density at radius 2 is 1.80 bits per heavy atom. The van der Waals surface area contributed by atoms with Crippen molar-refractivity contribution in [1.82, 2.24) is 20.0 Å². The van der Waals surface area contributed by atoms with Crippen LogP contribution in [0.3, 0.4) is 0 Å².